The molecule has 26 heavy (non-hydrogen) atoms. The van der Waals surface area contributed by atoms with Crippen LogP contribution in [-0.2, 0) is 17.7 Å². The molecular formula is C20H21N3O2S. The predicted molar refractivity (Wildman–Crippen MR) is 103 cm³/mol. The first kappa shape index (κ1) is 17.0. The van der Waals surface area contributed by atoms with Gasteiger partial charge in [0.2, 0.25) is 0 Å². The number of hydrogen-bond acceptors (Lipinski definition) is 4. The van der Waals surface area contributed by atoms with Gasteiger partial charge < -0.3 is 15.4 Å². The van der Waals surface area contributed by atoms with Crippen molar-refractivity contribution >= 4 is 28.3 Å². The number of benzene rings is 1. The van der Waals surface area contributed by atoms with Crippen molar-refractivity contribution < 1.29 is 9.53 Å². The largest absolute Gasteiger partial charge is 0.379 e. The summed E-state index contributed by atoms with van der Waals surface area (Å²) in [6, 6.07) is 14.1. The van der Waals surface area contributed by atoms with Crippen molar-refractivity contribution in [2.24, 2.45) is 5.92 Å². The SMILES string of the molecule is O=C(NCc1cccs1)N[C@@H]1COC[C@H]1Cc1ccnc2ccccc12. The van der Waals surface area contributed by atoms with E-state index < -0.39 is 0 Å². The molecule has 6 heteroatoms. The monoisotopic (exact) mass is 367 g/mol. The second-order valence-electron chi connectivity index (χ2n) is 6.50. The van der Waals surface area contributed by atoms with Gasteiger partial charge in [-0.05, 0) is 35.6 Å². The van der Waals surface area contributed by atoms with Crippen LogP contribution in [0.2, 0.25) is 0 Å². The maximum atomic E-state index is 12.2. The minimum absolute atomic E-state index is 0.0188. The number of amides is 2. The van der Waals surface area contributed by atoms with E-state index in [1.807, 2.05) is 41.9 Å². The Morgan fingerprint density at radius 2 is 2.12 bits per heavy atom. The van der Waals surface area contributed by atoms with Gasteiger partial charge in [-0.2, -0.15) is 0 Å². The van der Waals surface area contributed by atoms with Gasteiger partial charge in [0.25, 0.3) is 0 Å². The molecule has 2 aromatic heterocycles. The van der Waals surface area contributed by atoms with Crippen LogP contribution in [-0.4, -0.2) is 30.3 Å². The van der Waals surface area contributed by atoms with Gasteiger partial charge in [0.15, 0.2) is 0 Å². The molecule has 1 aliphatic rings. The minimum atomic E-state index is -0.140. The molecule has 3 heterocycles. The summed E-state index contributed by atoms with van der Waals surface area (Å²) in [6.45, 7) is 1.77. The highest BCUT2D eigenvalue weighted by atomic mass is 32.1. The predicted octanol–water partition coefficient (Wildman–Crippen LogP) is 3.35. The van der Waals surface area contributed by atoms with Crippen LogP contribution in [0.15, 0.2) is 54.0 Å². The van der Waals surface area contributed by atoms with Gasteiger partial charge in [-0.25, -0.2) is 4.79 Å². The smallest absolute Gasteiger partial charge is 0.315 e. The summed E-state index contributed by atoms with van der Waals surface area (Å²) in [6.07, 6.45) is 2.71. The lowest BCUT2D eigenvalue weighted by Crippen LogP contribution is -2.45. The molecule has 0 aliphatic carbocycles. The lowest BCUT2D eigenvalue weighted by molar-refractivity contribution is 0.182. The molecule has 134 valence electrons. The van der Waals surface area contributed by atoms with E-state index in [0.717, 1.165) is 16.8 Å². The third kappa shape index (κ3) is 3.86. The van der Waals surface area contributed by atoms with E-state index in [2.05, 4.69) is 27.8 Å². The Labute approximate surface area is 156 Å². The molecule has 0 saturated carbocycles. The summed E-state index contributed by atoms with van der Waals surface area (Å²) >= 11 is 1.64. The van der Waals surface area contributed by atoms with Crippen LogP contribution in [0, 0.1) is 5.92 Å². The molecule has 1 aliphatic heterocycles. The van der Waals surface area contributed by atoms with E-state index in [0.29, 0.717) is 19.8 Å². The van der Waals surface area contributed by atoms with Crippen LogP contribution in [0.4, 0.5) is 4.79 Å². The third-order valence-electron chi connectivity index (χ3n) is 4.74. The number of urea groups is 1. The Morgan fingerprint density at radius 3 is 3.00 bits per heavy atom. The Morgan fingerprint density at radius 1 is 1.19 bits per heavy atom. The number of ether oxygens (including phenoxy) is 1. The summed E-state index contributed by atoms with van der Waals surface area (Å²) in [7, 11) is 0. The zero-order valence-electron chi connectivity index (χ0n) is 14.4. The van der Waals surface area contributed by atoms with Gasteiger partial charge in [0, 0.05) is 22.4 Å². The van der Waals surface area contributed by atoms with Gasteiger partial charge in [0.1, 0.15) is 0 Å². The first-order valence-corrected chi connectivity index (χ1v) is 9.64. The molecule has 3 aromatic rings. The first-order valence-electron chi connectivity index (χ1n) is 8.77. The van der Waals surface area contributed by atoms with E-state index in [-0.39, 0.29) is 18.0 Å². The number of fused-ring (bicyclic) bond motifs is 1. The number of pyridine rings is 1. The molecule has 0 radical (unpaired) electrons. The van der Waals surface area contributed by atoms with Crippen molar-refractivity contribution in [1.29, 1.82) is 0 Å². The Hall–Kier alpha value is -2.44. The maximum absolute atomic E-state index is 12.2. The molecule has 0 bridgehead atoms. The van der Waals surface area contributed by atoms with Crippen molar-refractivity contribution in [2.45, 2.75) is 19.0 Å². The summed E-state index contributed by atoms with van der Waals surface area (Å²) in [5, 5.41) is 9.17. The van der Waals surface area contributed by atoms with Gasteiger partial charge in [-0.3, -0.25) is 4.98 Å². The maximum Gasteiger partial charge on any atom is 0.315 e. The molecule has 5 nitrogen and oxygen atoms in total. The number of nitrogens with zero attached hydrogens (tertiary/aromatic N) is 1. The van der Waals surface area contributed by atoms with E-state index >= 15 is 0 Å². The second kappa shape index (κ2) is 7.85. The van der Waals surface area contributed by atoms with Crippen LogP contribution >= 0.6 is 11.3 Å². The molecule has 0 spiro atoms. The lowest BCUT2D eigenvalue weighted by atomic mass is 9.93. The molecule has 2 amide bonds. The highest BCUT2D eigenvalue weighted by molar-refractivity contribution is 7.09. The van der Waals surface area contributed by atoms with Gasteiger partial charge >= 0.3 is 6.03 Å². The van der Waals surface area contributed by atoms with Crippen LogP contribution in [0.25, 0.3) is 10.9 Å². The number of nitrogens with one attached hydrogen (secondary N) is 2. The summed E-state index contributed by atoms with van der Waals surface area (Å²) in [5.74, 6) is 0.258. The summed E-state index contributed by atoms with van der Waals surface area (Å²) in [4.78, 5) is 17.8. The average Bonchev–Trinajstić information content (AvgIpc) is 3.33. The van der Waals surface area contributed by atoms with E-state index in [4.69, 9.17) is 4.74 Å². The third-order valence-corrected chi connectivity index (χ3v) is 5.62. The van der Waals surface area contributed by atoms with E-state index in [9.17, 15) is 4.79 Å². The molecular weight excluding hydrogens is 346 g/mol. The van der Waals surface area contributed by atoms with Crippen molar-refractivity contribution in [3.63, 3.8) is 0 Å². The quantitative estimate of drug-likeness (QED) is 0.727. The molecule has 1 aromatic carbocycles. The van der Waals surface area contributed by atoms with Crippen molar-refractivity contribution in [3.8, 4) is 0 Å². The fourth-order valence-electron chi connectivity index (χ4n) is 3.37. The summed E-state index contributed by atoms with van der Waals surface area (Å²) in [5.41, 5.74) is 2.25. The van der Waals surface area contributed by atoms with Crippen LogP contribution in [0.5, 0.6) is 0 Å². The fraction of sp³-hybridized carbons (Fsp3) is 0.300. The fourth-order valence-corrected chi connectivity index (χ4v) is 4.02. The van der Waals surface area contributed by atoms with Gasteiger partial charge in [-0.1, -0.05) is 24.3 Å². The van der Waals surface area contributed by atoms with Crippen LogP contribution in [0.3, 0.4) is 0 Å². The number of carbonyl (C=O) groups is 1. The van der Waals surface area contributed by atoms with Crippen molar-refractivity contribution in [2.75, 3.05) is 13.2 Å². The minimum Gasteiger partial charge on any atom is -0.379 e. The van der Waals surface area contributed by atoms with Crippen LogP contribution in [0.1, 0.15) is 10.4 Å². The normalized spacial score (nSPS) is 19.5. The van der Waals surface area contributed by atoms with E-state index in [1.165, 1.54) is 10.9 Å². The summed E-state index contributed by atoms with van der Waals surface area (Å²) < 4.78 is 5.65. The molecule has 2 N–H and O–H groups in total. The molecule has 1 saturated heterocycles. The number of thiophene rings is 1. The molecule has 1 fully saturated rings. The number of hydrogen-bond donors (Lipinski definition) is 2. The van der Waals surface area contributed by atoms with Crippen LogP contribution < -0.4 is 10.6 Å². The van der Waals surface area contributed by atoms with Crippen molar-refractivity contribution in [3.05, 3.63) is 64.5 Å². The zero-order chi connectivity index (χ0) is 17.8. The standard InChI is InChI=1S/C20H21N3O2S/c24-20(22-11-16-4-3-9-26-16)23-19-13-25-12-15(19)10-14-7-8-21-18-6-2-1-5-17(14)18/h1-9,15,19H,10-13H2,(H2,22,23,24)/t15-,19-/m1/s1. The number of rotatable bonds is 5. The zero-order valence-corrected chi connectivity index (χ0v) is 15.2. The van der Waals surface area contributed by atoms with E-state index in [1.54, 1.807) is 11.3 Å². The molecule has 0 unspecified atom stereocenters. The lowest BCUT2D eigenvalue weighted by Gasteiger charge is -2.20. The second-order valence-corrected chi connectivity index (χ2v) is 7.53. The Balaban J connectivity index is 1.39. The number of para-hydroxylation sites is 1. The molecule has 4 rings (SSSR count). The number of aromatic nitrogens is 1. The average molecular weight is 367 g/mol. The highest BCUT2D eigenvalue weighted by Crippen LogP contribution is 2.24. The van der Waals surface area contributed by atoms with Crippen molar-refractivity contribution in [1.82, 2.24) is 15.6 Å². The Kier molecular flexibility index (Phi) is 5.13. The van der Waals surface area contributed by atoms with Gasteiger partial charge in [0.05, 0.1) is 31.3 Å². The van der Waals surface area contributed by atoms with Gasteiger partial charge in [-0.15, -0.1) is 11.3 Å². The first-order chi connectivity index (χ1) is 12.8. The highest BCUT2D eigenvalue weighted by Gasteiger charge is 2.30. The topological polar surface area (TPSA) is 63.2 Å². The Bertz CT molecular complexity index is 876. The number of carbonyl (C=O) groups excluding carboxylic acids is 1. The molecule has 2 atom stereocenters.